The van der Waals surface area contributed by atoms with Crippen LogP contribution in [-0.4, -0.2) is 24.5 Å². The molecule has 0 aliphatic rings. The van der Waals surface area contributed by atoms with Gasteiger partial charge in [0.1, 0.15) is 5.82 Å². The van der Waals surface area contributed by atoms with Crippen molar-refractivity contribution in [1.29, 1.82) is 0 Å². The molecule has 0 fully saturated rings. The molecule has 0 saturated carbocycles. The largest absolute Gasteiger partial charge is 0.416 e. The summed E-state index contributed by atoms with van der Waals surface area (Å²) in [5.41, 5.74) is 4.86. The lowest BCUT2D eigenvalue weighted by atomic mass is 10.0. The molecule has 1 unspecified atom stereocenters. The zero-order chi connectivity index (χ0) is 14.8. The van der Waals surface area contributed by atoms with E-state index in [1.54, 1.807) is 7.05 Å². The van der Waals surface area contributed by atoms with Gasteiger partial charge in [0, 0.05) is 18.6 Å². The number of nitrogens with two attached hydrogens (primary N) is 1. The molecule has 0 bridgehead atoms. The van der Waals surface area contributed by atoms with Gasteiger partial charge in [0.05, 0.1) is 5.56 Å². The van der Waals surface area contributed by atoms with Gasteiger partial charge in [-0.15, -0.1) is 0 Å². The van der Waals surface area contributed by atoms with E-state index in [-0.39, 0.29) is 18.2 Å². The lowest BCUT2D eigenvalue weighted by molar-refractivity contribution is -0.137. The maximum Gasteiger partial charge on any atom is 0.416 e. The van der Waals surface area contributed by atoms with E-state index in [9.17, 15) is 17.6 Å². The Morgan fingerprint density at radius 2 is 1.79 bits per heavy atom. The van der Waals surface area contributed by atoms with E-state index in [4.69, 9.17) is 5.73 Å². The highest BCUT2D eigenvalue weighted by molar-refractivity contribution is 5.29. The molecule has 0 aromatic heterocycles. The zero-order valence-corrected chi connectivity index (χ0v) is 11.1. The van der Waals surface area contributed by atoms with Crippen LogP contribution in [0.1, 0.15) is 31.0 Å². The molecule has 0 aliphatic heterocycles. The van der Waals surface area contributed by atoms with Gasteiger partial charge in [-0.2, -0.15) is 13.2 Å². The van der Waals surface area contributed by atoms with E-state index in [1.165, 1.54) is 0 Å². The predicted octanol–water partition coefficient (Wildman–Crippen LogP) is 3.18. The van der Waals surface area contributed by atoms with Gasteiger partial charge in [0.15, 0.2) is 0 Å². The number of hydrogen-bond donors (Lipinski definition) is 1. The smallest absolute Gasteiger partial charge is 0.329 e. The number of halogens is 4. The van der Waals surface area contributed by atoms with E-state index in [0.717, 1.165) is 12.1 Å². The zero-order valence-electron chi connectivity index (χ0n) is 11.1. The van der Waals surface area contributed by atoms with Gasteiger partial charge in [-0.05, 0) is 44.7 Å². The van der Waals surface area contributed by atoms with Crippen LogP contribution in [-0.2, 0) is 6.18 Å². The SMILES string of the molecule is CC(C)N(C)C(CN)c1cc(F)cc(C(F)(F)F)c1. The fraction of sp³-hybridized carbons (Fsp3) is 0.538. The van der Waals surface area contributed by atoms with Crippen molar-refractivity contribution in [3.8, 4) is 0 Å². The Balaban J connectivity index is 3.22. The van der Waals surface area contributed by atoms with Crippen LogP contribution in [0.5, 0.6) is 0 Å². The number of benzene rings is 1. The van der Waals surface area contributed by atoms with E-state index < -0.39 is 23.6 Å². The van der Waals surface area contributed by atoms with Crippen LogP contribution in [0.3, 0.4) is 0 Å². The third-order valence-corrected chi connectivity index (χ3v) is 3.16. The highest BCUT2D eigenvalue weighted by atomic mass is 19.4. The molecule has 19 heavy (non-hydrogen) atoms. The van der Waals surface area contributed by atoms with Crippen molar-refractivity contribution in [2.75, 3.05) is 13.6 Å². The minimum absolute atomic E-state index is 0.0890. The highest BCUT2D eigenvalue weighted by Crippen LogP contribution is 2.32. The molecule has 0 spiro atoms. The third kappa shape index (κ3) is 3.91. The Hall–Kier alpha value is -1.14. The van der Waals surface area contributed by atoms with Gasteiger partial charge in [0.25, 0.3) is 0 Å². The van der Waals surface area contributed by atoms with E-state index >= 15 is 0 Å². The van der Waals surface area contributed by atoms with Crippen LogP contribution >= 0.6 is 0 Å². The lowest BCUT2D eigenvalue weighted by Gasteiger charge is -2.31. The summed E-state index contributed by atoms with van der Waals surface area (Å²) in [4.78, 5) is 1.81. The fourth-order valence-corrected chi connectivity index (χ4v) is 1.87. The summed E-state index contributed by atoms with van der Waals surface area (Å²) in [7, 11) is 1.75. The molecule has 108 valence electrons. The maximum atomic E-state index is 13.4. The topological polar surface area (TPSA) is 29.3 Å². The molecule has 1 rings (SSSR count). The first-order valence-corrected chi connectivity index (χ1v) is 5.96. The molecule has 2 nitrogen and oxygen atoms in total. The summed E-state index contributed by atoms with van der Waals surface area (Å²) in [6, 6.07) is 2.19. The van der Waals surface area contributed by atoms with Gasteiger partial charge >= 0.3 is 6.18 Å². The number of nitrogens with zero attached hydrogens (tertiary/aromatic N) is 1. The van der Waals surface area contributed by atoms with Gasteiger partial charge in [0.2, 0.25) is 0 Å². The average Bonchev–Trinajstić information content (AvgIpc) is 2.27. The first-order chi connectivity index (χ1) is 8.66. The van der Waals surface area contributed by atoms with E-state index in [1.807, 2.05) is 18.7 Å². The number of alkyl halides is 3. The van der Waals surface area contributed by atoms with Crippen LogP contribution in [0.25, 0.3) is 0 Å². The Morgan fingerprint density at radius 3 is 2.21 bits per heavy atom. The minimum atomic E-state index is -4.56. The van der Waals surface area contributed by atoms with Crippen LogP contribution in [0.2, 0.25) is 0 Å². The maximum absolute atomic E-state index is 13.4. The van der Waals surface area contributed by atoms with Crippen LogP contribution < -0.4 is 5.73 Å². The molecule has 1 aromatic carbocycles. The molecule has 0 saturated heterocycles. The monoisotopic (exact) mass is 278 g/mol. The van der Waals surface area contributed by atoms with Crippen molar-refractivity contribution >= 4 is 0 Å². The molecule has 0 amide bonds. The predicted molar refractivity (Wildman–Crippen MR) is 66.1 cm³/mol. The van der Waals surface area contributed by atoms with Crippen LogP contribution in [0.4, 0.5) is 17.6 Å². The first-order valence-electron chi connectivity index (χ1n) is 5.96. The van der Waals surface area contributed by atoms with Crippen molar-refractivity contribution in [2.45, 2.75) is 32.1 Å². The Morgan fingerprint density at radius 1 is 1.21 bits per heavy atom. The highest BCUT2D eigenvalue weighted by Gasteiger charge is 2.32. The molecular weight excluding hydrogens is 260 g/mol. The van der Waals surface area contributed by atoms with Gasteiger partial charge in [-0.25, -0.2) is 4.39 Å². The van der Waals surface area contributed by atoms with E-state index in [2.05, 4.69) is 0 Å². The molecule has 1 atom stereocenters. The van der Waals surface area contributed by atoms with Crippen molar-refractivity contribution in [3.05, 3.63) is 35.1 Å². The minimum Gasteiger partial charge on any atom is -0.329 e. The second kappa shape index (κ2) is 5.88. The van der Waals surface area contributed by atoms with Crippen LogP contribution in [0, 0.1) is 5.82 Å². The summed E-state index contributed by atoms with van der Waals surface area (Å²) in [5.74, 6) is -0.902. The van der Waals surface area contributed by atoms with E-state index in [0.29, 0.717) is 6.07 Å². The number of likely N-dealkylation sites (N-methyl/N-ethyl adjacent to an activating group) is 1. The van der Waals surface area contributed by atoms with Crippen molar-refractivity contribution in [3.63, 3.8) is 0 Å². The Bertz CT molecular complexity index is 429. The second-order valence-corrected chi connectivity index (χ2v) is 4.78. The van der Waals surface area contributed by atoms with Crippen molar-refractivity contribution in [2.24, 2.45) is 5.73 Å². The number of hydrogen-bond acceptors (Lipinski definition) is 2. The first kappa shape index (κ1) is 15.9. The third-order valence-electron chi connectivity index (χ3n) is 3.16. The standard InChI is InChI=1S/C13H18F4N2/c1-8(2)19(3)12(7-18)9-4-10(13(15,16)17)6-11(14)5-9/h4-6,8,12H,7,18H2,1-3H3. The summed E-state index contributed by atoms with van der Waals surface area (Å²) in [6.45, 7) is 3.91. The van der Waals surface area contributed by atoms with Crippen molar-refractivity contribution < 1.29 is 17.6 Å². The quantitative estimate of drug-likeness (QED) is 0.857. The molecule has 2 N–H and O–H groups in total. The molecule has 6 heteroatoms. The molecular formula is C13H18F4N2. The average molecular weight is 278 g/mol. The van der Waals surface area contributed by atoms with Gasteiger partial charge in [-0.3, -0.25) is 4.90 Å². The number of rotatable bonds is 4. The summed E-state index contributed by atoms with van der Waals surface area (Å²) in [5, 5.41) is 0. The molecule has 0 aliphatic carbocycles. The van der Waals surface area contributed by atoms with Crippen molar-refractivity contribution in [1.82, 2.24) is 4.90 Å². The second-order valence-electron chi connectivity index (χ2n) is 4.78. The molecule has 0 heterocycles. The van der Waals surface area contributed by atoms with Crippen LogP contribution in [0.15, 0.2) is 18.2 Å². The summed E-state index contributed by atoms with van der Waals surface area (Å²) < 4.78 is 51.4. The molecule has 0 radical (unpaired) electrons. The Kier molecular flexibility index (Phi) is 4.92. The molecule has 1 aromatic rings. The van der Waals surface area contributed by atoms with Gasteiger partial charge in [-0.1, -0.05) is 0 Å². The fourth-order valence-electron chi connectivity index (χ4n) is 1.87. The normalized spacial score (nSPS) is 14.2. The van der Waals surface area contributed by atoms with Gasteiger partial charge < -0.3 is 5.73 Å². The Labute approximate surface area is 110 Å². The summed E-state index contributed by atoms with van der Waals surface area (Å²) in [6.07, 6.45) is -4.56. The lowest BCUT2D eigenvalue weighted by Crippen LogP contribution is -2.35. The summed E-state index contributed by atoms with van der Waals surface area (Å²) >= 11 is 0.